The lowest BCUT2D eigenvalue weighted by Crippen LogP contribution is -2.32. The Balaban J connectivity index is 1.55. The number of aromatic amines is 1. The van der Waals surface area contributed by atoms with Gasteiger partial charge in [0.2, 0.25) is 0 Å². The number of nitrogens with one attached hydrogen (secondary N) is 2. The van der Waals surface area contributed by atoms with Gasteiger partial charge in [-0.25, -0.2) is 0 Å². The molecule has 0 aliphatic carbocycles. The quantitative estimate of drug-likeness (QED) is 0.880. The van der Waals surface area contributed by atoms with Crippen LogP contribution in [0.3, 0.4) is 0 Å². The second kappa shape index (κ2) is 6.57. The summed E-state index contributed by atoms with van der Waals surface area (Å²) >= 11 is 5.96. The molecule has 0 bridgehead atoms. The van der Waals surface area contributed by atoms with Gasteiger partial charge in [-0.1, -0.05) is 23.7 Å². The molecule has 2 saturated heterocycles. The van der Waals surface area contributed by atoms with E-state index < -0.39 is 0 Å². The number of rotatable bonds is 2. The largest absolute Gasteiger partial charge is 0.339 e. The predicted octanol–water partition coefficient (Wildman–Crippen LogP) is 2.80. The normalized spacial score (nSPS) is 23.8. The monoisotopic (exact) mass is 344 g/mol. The van der Waals surface area contributed by atoms with Gasteiger partial charge in [0.15, 0.2) is 0 Å². The average Bonchev–Trinajstić information content (AvgIpc) is 3.21. The van der Waals surface area contributed by atoms with Crippen LogP contribution in [-0.4, -0.2) is 47.2 Å². The third-order valence-corrected chi connectivity index (χ3v) is 5.56. The number of amides is 1. The first-order chi connectivity index (χ1) is 11.7. The first kappa shape index (κ1) is 15.7. The van der Waals surface area contributed by atoms with Gasteiger partial charge in [0.1, 0.15) is 0 Å². The summed E-state index contributed by atoms with van der Waals surface area (Å²) in [4.78, 5) is 15.0. The Labute approximate surface area is 146 Å². The molecule has 2 atom stereocenters. The van der Waals surface area contributed by atoms with Crippen molar-refractivity contribution in [1.82, 2.24) is 20.4 Å². The Morgan fingerprint density at radius 2 is 1.79 bits per heavy atom. The number of carbonyl (C=O) groups is 1. The number of aromatic nitrogens is 2. The van der Waals surface area contributed by atoms with Gasteiger partial charge in [0.05, 0.1) is 17.5 Å². The first-order valence-electron chi connectivity index (χ1n) is 8.51. The minimum Gasteiger partial charge on any atom is -0.339 e. The van der Waals surface area contributed by atoms with Crippen LogP contribution in [0.4, 0.5) is 0 Å². The summed E-state index contributed by atoms with van der Waals surface area (Å²) in [5, 5.41) is 11.2. The van der Waals surface area contributed by atoms with Crippen molar-refractivity contribution in [3.63, 3.8) is 0 Å². The van der Waals surface area contributed by atoms with E-state index in [0.717, 1.165) is 50.3 Å². The van der Waals surface area contributed by atoms with Crippen molar-refractivity contribution in [2.75, 3.05) is 26.2 Å². The van der Waals surface area contributed by atoms with E-state index in [4.69, 9.17) is 11.6 Å². The number of carbonyl (C=O) groups excluding carboxylic acids is 1. The van der Waals surface area contributed by atoms with Crippen LogP contribution in [0.15, 0.2) is 30.5 Å². The molecule has 0 unspecified atom stereocenters. The van der Waals surface area contributed by atoms with Crippen molar-refractivity contribution in [3.05, 3.63) is 41.0 Å². The summed E-state index contributed by atoms with van der Waals surface area (Å²) in [6, 6.07) is 7.47. The topological polar surface area (TPSA) is 61.0 Å². The van der Waals surface area contributed by atoms with Gasteiger partial charge >= 0.3 is 0 Å². The fourth-order valence-electron chi connectivity index (χ4n) is 3.88. The van der Waals surface area contributed by atoms with Crippen molar-refractivity contribution >= 4 is 17.5 Å². The molecular weight excluding hydrogens is 324 g/mol. The summed E-state index contributed by atoms with van der Waals surface area (Å²) in [6.45, 7) is 3.84. The standard InChI is InChI=1S/C18H21ClN4O/c19-15-3-1-12(2-4-15)17-16(11-21-22-17)18(24)23-7-5-13-9-20-10-14(13)6-8-23/h1-4,11,13-14,20H,5-10H2,(H,21,22)/t13-,14+. The maximum absolute atomic E-state index is 13.0. The molecule has 2 N–H and O–H groups in total. The van der Waals surface area contributed by atoms with Crippen LogP contribution in [0, 0.1) is 11.8 Å². The van der Waals surface area contributed by atoms with Crippen LogP contribution in [0.5, 0.6) is 0 Å². The van der Waals surface area contributed by atoms with Crippen LogP contribution in [0.1, 0.15) is 23.2 Å². The number of halogens is 1. The molecule has 2 aliphatic heterocycles. The zero-order valence-electron chi connectivity index (χ0n) is 13.5. The van der Waals surface area contributed by atoms with Gasteiger partial charge < -0.3 is 10.2 Å². The van der Waals surface area contributed by atoms with E-state index in [2.05, 4.69) is 15.5 Å². The summed E-state index contributed by atoms with van der Waals surface area (Å²) in [5.74, 6) is 1.49. The molecule has 1 amide bonds. The van der Waals surface area contributed by atoms with Crippen molar-refractivity contribution in [1.29, 1.82) is 0 Å². The zero-order valence-corrected chi connectivity index (χ0v) is 14.2. The number of fused-ring (bicyclic) bond motifs is 1. The smallest absolute Gasteiger partial charge is 0.257 e. The highest BCUT2D eigenvalue weighted by Crippen LogP contribution is 2.29. The van der Waals surface area contributed by atoms with E-state index in [0.29, 0.717) is 22.4 Å². The molecule has 3 heterocycles. The number of hydrogen-bond acceptors (Lipinski definition) is 3. The van der Waals surface area contributed by atoms with Gasteiger partial charge in [0.25, 0.3) is 5.91 Å². The maximum Gasteiger partial charge on any atom is 0.257 e. The number of H-pyrrole nitrogens is 1. The minimum absolute atomic E-state index is 0.0710. The second-order valence-corrected chi connectivity index (χ2v) is 7.15. The molecule has 4 rings (SSSR count). The van der Waals surface area contributed by atoms with E-state index in [9.17, 15) is 4.79 Å². The Kier molecular flexibility index (Phi) is 4.29. The van der Waals surface area contributed by atoms with Gasteiger partial charge in [0, 0.05) is 23.7 Å². The molecule has 0 radical (unpaired) electrons. The van der Waals surface area contributed by atoms with Crippen LogP contribution in [0.2, 0.25) is 5.02 Å². The molecule has 5 nitrogen and oxygen atoms in total. The van der Waals surface area contributed by atoms with E-state index in [1.165, 1.54) is 0 Å². The van der Waals surface area contributed by atoms with Gasteiger partial charge in [-0.15, -0.1) is 0 Å². The van der Waals surface area contributed by atoms with Crippen molar-refractivity contribution < 1.29 is 4.79 Å². The molecule has 0 saturated carbocycles. The lowest BCUT2D eigenvalue weighted by molar-refractivity contribution is 0.0759. The highest BCUT2D eigenvalue weighted by atomic mass is 35.5. The van der Waals surface area contributed by atoms with Crippen LogP contribution >= 0.6 is 11.6 Å². The molecule has 2 fully saturated rings. The van der Waals surface area contributed by atoms with Gasteiger partial charge in [-0.05, 0) is 49.9 Å². The molecule has 2 aromatic rings. The van der Waals surface area contributed by atoms with E-state index >= 15 is 0 Å². The molecule has 24 heavy (non-hydrogen) atoms. The second-order valence-electron chi connectivity index (χ2n) is 6.71. The Bertz CT molecular complexity index is 713. The molecule has 1 aromatic heterocycles. The SMILES string of the molecule is O=C(c1cn[nH]c1-c1ccc(Cl)cc1)N1CC[C@@H]2CNC[C@@H]2CC1. The number of nitrogens with zero attached hydrogens (tertiary/aromatic N) is 2. The molecule has 2 aliphatic rings. The zero-order chi connectivity index (χ0) is 16.5. The van der Waals surface area contributed by atoms with Crippen molar-refractivity contribution in [2.45, 2.75) is 12.8 Å². The molecule has 1 aromatic carbocycles. The summed E-state index contributed by atoms with van der Waals surface area (Å²) in [6.07, 6.45) is 3.80. The molecular formula is C18H21ClN4O. The lowest BCUT2D eigenvalue weighted by Gasteiger charge is -2.21. The summed E-state index contributed by atoms with van der Waals surface area (Å²) in [5.41, 5.74) is 2.33. The Hall–Kier alpha value is -1.85. The molecule has 0 spiro atoms. The predicted molar refractivity (Wildman–Crippen MR) is 94.0 cm³/mol. The minimum atomic E-state index is 0.0710. The van der Waals surface area contributed by atoms with Gasteiger partial charge in [-0.3, -0.25) is 9.89 Å². The first-order valence-corrected chi connectivity index (χ1v) is 8.89. The average molecular weight is 345 g/mol. The third-order valence-electron chi connectivity index (χ3n) is 5.31. The summed E-state index contributed by atoms with van der Waals surface area (Å²) < 4.78 is 0. The number of benzene rings is 1. The third kappa shape index (κ3) is 2.94. The highest BCUT2D eigenvalue weighted by molar-refractivity contribution is 6.30. The lowest BCUT2D eigenvalue weighted by atomic mass is 9.92. The Morgan fingerprint density at radius 1 is 1.12 bits per heavy atom. The van der Waals surface area contributed by atoms with Crippen LogP contribution in [-0.2, 0) is 0 Å². The fraction of sp³-hybridized carbons (Fsp3) is 0.444. The van der Waals surface area contributed by atoms with E-state index in [1.807, 2.05) is 29.2 Å². The van der Waals surface area contributed by atoms with Crippen molar-refractivity contribution in [3.8, 4) is 11.3 Å². The Morgan fingerprint density at radius 3 is 2.46 bits per heavy atom. The van der Waals surface area contributed by atoms with E-state index in [-0.39, 0.29) is 5.91 Å². The van der Waals surface area contributed by atoms with Gasteiger partial charge in [-0.2, -0.15) is 5.10 Å². The molecule has 126 valence electrons. The number of hydrogen-bond donors (Lipinski definition) is 2. The van der Waals surface area contributed by atoms with Crippen molar-refractivity contribution in [2.24, 2.45) is 11.8 Å². The fourth-order valence-corrected chi connectivity index (χ4v) is 4.00. The van der Waals surface area contributed by atoms with E-state index in [1.54, 1.807) is 6.20 Å². The molecule has 6 heteroatoms. The van der Waals surface area contributed by atoms with Crippen LogP contribution < -0.4 is 5.32 Å². The number of likely N-dealkylation sites (tertiary alicyclic amines) is 1. The highest BCUT2D eigenvalue weighted by Gasteiger charge is 2.32. The summed E-state index contributed by atoms with van der Waals surface area (Å²) in [7, 11) is 0. The maximum atomic E-state index is 13.0. The van der Waals surface area contributed by atoms with Crippen LogP contribution in [0.25, 0.3) is 11.3 Å².